The minimum atomic E-state index is -0.520. The van der Waals surface area contributed by atoms with Crippen LogP contribution in [0, 0.1) is 14.9 Å². The van der Waals surface area contributed by atoms with Gasteiger partial charge in [0.15, 0.2) is 11.5 Å². The molecule has 0 aromatic heterocycles. The Hall–Kier alpha value is -3.22. The lowest BCUT2D eigenvalue weighted by molar-refractivity contribution is -0.112. The van der Waals surface area contributed by atoms with E-state index in [0.29, 0.717) is 40.1 Å². The minimum Gasteiger partial charge on any atom is -0.493 e. The highest BCUT2D eigenvalue weighted by molar-refractivity contribution is 14.1. The van der Waals surface area contributed by atoms with E-state index in [1.807, 2.05) is 50.2 Å². The Morgan fingerprint density at radius 2 is 1.89 bits per heavy atom. The molecular weight excluding hydrogens is 579 g/mol. The van der Waals surface area contributed by atoms with E-state index in [0.717, 1.165) is 9.13 Å². The predicted octanol–water partition coefficient (Wildman–Crippen LogP) is 6.87. The number of methoxy groups -OCH3 is 1. The van der Waals surface area contributed by atoms with E-state index in [1.54, 1.807) is 37.4 Å². The number of anilines is 1. The maximum absolute atomic E-state index is 12.7. The molecule has 3 aromatic carbocycles. The number of nitriles is 1. The molecular formula is C27H24ClIN2O4. The van der Waals surface area contributed by atoms with Crippen LogP contribution in [0.25, 0.3) is 6.08 Å². The molecule has 6 nitrogen and oxygen atoms in total. The number of benzene rings is 3. The van der Waals surface area contributed by atoms with Gasteiger partial charge in [0.25, 0.3) is 5.91 Å². The summed E-state index contributed by atoms with van der Waals surface area (Å²) < 4.78 is 17.8. The Morgan fingerprint density at radius 3 is 2.51 bits per heavy atom. The van der Waals surface area contributed by atoms with Crippen molar-refractivity contribution < 1.29 is 19.0 Å². The van der Waals surface area contributed by atoms with Gasteiger partial charge < -0.3 is 19.5 Å². The first-order valence-electron chi connectivity index (χ1n) is 10.7. The quantitative estimate of drug-likeness (QED) is 0.164. The molecule has 3 aromatic rings. The van der Waals surface area contributed by atoms with Crippen LogP contribution in [0.5, 0.6) is 17.2 Å². The van der Waals surface area contributed by atoms with Crippen LogP contribution in [0.1, 0.15) is 25.0 Å². The molecule has 0 radical (unpaired) electrons. The molecule has 0 heterocycles. The zero-order valence-electron chi connectivity index (χ0n) is 19.5. The van der Waals surface area contributed by atoms with E-state index < -0.39 is 5.91 Å². The fourth-order valence-electron chi connectivity index (χ4n) is 3.10. The van der Waals surface area contributed by atoms with Gasteiger partial charge in [0.05, 0.1) is 16.8 Å². The van der Waals surface area contributed by atoms with Crippen molar-refractivity contribution in [1.29, 1.82) is 5.26 Å². The smallest absolute Gasteiger partial charge is 0.266 e. The first-order chi connectivity index (χ1) is 16.8. The number of nitrogens with one attached hydrogen (secondary N) is 1. The van der Waals surface area contributed by atoms with Crippen molar-refractivity contribution in [1.82, 2.24) is 0 Å². The van der Waals surface area contributed by atoms with Crippen LogP contribution in [0.15, 0.2) is 66.2 Å². The molecule has 0 aliphatic carbocycles. The molecule has 3 rings (SSSR count). The average Bonchev–Trinajstić information content (AvgIpc) is 2.84. The molecule has 1 N–H and O–H groups in total. The highest BCUT2D eigenvalue weighted by Crippen LogP contribution is 2.35. The second-order valence-electron chi connectivity index (χ2n) is 7.73. The Kier molecular flexibility index (Phi) is 9.40. The molecule has 0 saturated heterocycles. The molecule has 0 unspecified atom stereocenters. The fourth-order valence-corrected chi connectivity index (χ4v) is 4.04. The number of halogens is 2. The highest BCUT2D eigenvalue weighted by Gasteiger charge is 2.15. The lowest BCUT2D eigenvalue weighted by Gasteiger charge is -2.16. The second kappa shape index (κ2) is 12.5. The fraction of sp³-hybridized carbons (Fsp3) is 0.185. The number of hydrogen-bond donors (Lipinski definition) is 1. The summed E-state index contributed by atoms with van der Waals surface area (Å²) in [6.45, 7) is 4.19. The van der Waals surface area contributed by atoms with Crippen molar-refractivity contribution in [2.24, 2.45) is 0 Å². The predicted molar refractivity (Wildman–Crippen MR) is 146 cm³/mol. The van der Waals surface area contributed by atoms with Crippen LogP contribution in [-0.4, -0.2) is 19.1 Å². The molecule has 0 spiro atoms. The van der Waals surface area contributed by atoms with Gasteiger partial charge in [-0.05, 0) is 90.5 Å². The van der Waals surface area contributed by atoms with E-state index >= 15 is 0 Å². The SMILES string of the molecule is COc1cc(/C=C(\C#N)C(=O)Nc2ccc(OCc3ccccc3Cl)cc2)cc(I)c1OC(C)C. The second-order valence-corrected chi connectivity index (χ2v) is 9.30. The summed E-state index contributed by atoms with van der Waals surface area (Å²) in [7, 11) is 1.55. The van der Waals surface area contributed by atoms with Gasteiger partial charge in [-0.3, -0.25) is 4.79 Å². The summed E-state index contributed by atoms with van der Waals surface area (Å²) in [5.41, 5.74) is 2.02. The molecule has 180 valence electrons. The molecule has 0 aliphatic heterocycles. The maximum atomic E-state index is 12.7. The van der Waals surface area contributed by atoms with E-state index in [9.17, 15) is 10.1 Å². The van der Waals surface area contributed by atoms with Crippen molar-refractivity contribution in [3.05, 3.63) is 86.0 Å². The minimum absolute atomic E-state index is 0.0211. The van der Waals surface area contributed by atoms with Crippen molar-refractivity contribution in [2.45, 2.75) is 26.6 Å². The third-order valence-electron chi connectivity index (χ3n) is 4.75. The number of nitrogens with zero attached hydrogens (tertiary/aromatic N) is 1. The van der Waals surface area contributed by atoms with E-state index in [1.165, 1.54) is 6.08 Å². The number of ether oxygens (including phenoxy) is 3. The van der Waals surface area contributed by atoms with Crippen LogP contribution >= 0.6 is 34.2 Å². The van der Waals surface area contributed by atoms with Gasteiger partial charge in [-0.2, -0.15) is 5.26 Å². The Bertz CT molecular complexity index is 1270. The molecule has 8 heteroatoms. The van der Waals surface area contributed by atoms with Crippen LogP contribution in [0.2, 0.25) is 5.02 Å². The van der Waals surface area contributed by atoms with Gasteiger partial charge >= 0.3 is 0 Å². The van der Waals surface area contributed by atoms with Gasteiger partial charge in [0.2, 0.25) is 0 Å². The Balaban J connectivity index is 1.70. The normalized spacial score (nSPS) is 11.1. The lowest BCUT2D eigenvalue weighted by atomic mass is 10.1. The number of hydrogen-bond acceptors (Lipinski definition) is 5. The van der Waals surface area contributed by atoms with Gasteiger partial charge in [-0.1, -0.05) is 29.8 Å². The largest absolute Gasteiger partial charge is 0.493 e. The molecule has 1 amide bonds. The summed E-state index contributed by atoms with van der Waals surface area (Å²) in [5.74, 6) is 1.26. The average molecular weight is 603 g/mol. The summed E-state index contributed by atoms with van der Waals surface area (Å²) in [5, 5.41) is 13.0. The van der Waals surface area contributed by atoms with Crippen molar-refractivity contribution in [3.63, 3.8) is 0 Å². The zero-order valence-corrected chi connectivity index (χ0v) is 22.4. The van der Waals surface area contributed by atoms with Crippen LogP contribution in [-0.2, 0) is 11.4 Å². The van der Waals surface area contributed by atoms with Gasteiger partial charge in [-0.25, -0.2) is 0 Å². The van der Waals surface area contributed by atoms with Gasteiger partial charge in [-0.15, -0.1) is 0 Å². The first kappa shape index (κ1) is 26.4. The lowest BCUT2D eigenvalue weighted by Crippen LogP contribution is -2.13. The highest BCUT2D eigenvalue weighted by atomic mass is 127. The molecule has 0 aliphatic rings. The Morgan fingerprint density at radius 1 is 1.17 bits per heavy atom. The van der Waals surface area contributed by atoms with E-state index in [2.05, 4.69) is 27.9 Å². The topological polar surface area (TPSA) is 80.6 Å². The summed E-state index contributed by atoms with van der Waals surface area (Å²) >= 11 is 8.30. The summed E-state index contributed by atoms with van der Waals surface area (Å²) in [6.07, 6.45) is 1.49. The van der Waals surface area contributed by atoms with Crippen LogP contribution in [0.3, 0.4) is 0 Å². The van der Waals surface area contributed by atoms with Gasteiger partial charge in [0.1, 0.15) is 24.0 Å². The third kappa shape index (κ3) is 7.38. The molecule has 0 fully saturated rings. The number of rotatable bonds is 9. The maximum Gasteiger partial charge on any atom is 0.266 e. The third-order valence-corrected chi connectivity index (χ3v) is 5.92. The van der Waals surface area contributed by atoms with Crippen molar-refractivity contribution in [3.8, 4) is 23.3 Å². The van der Waals surface area contributed by atoms with Gasteiger partial charge in [0, 0.05) is 16.3 Å². The zero-order chi connectivity index (χ0) is 25.4. The van der Waals surface area contributed by atoms with Crippen molar-refractivity contribution in [2.75, 3.05) is 12.4 Å². The van der Waals surface area contributed by atoms with E-state index in [4.69, 9.17) is 25.8 Å². The Labute approximate surface area is 223 Å². The van der Waals surface area contributed by atoms with Crippen LogP contribution < -0.4 is 19.5 Å². The first-order valence-corrected chi connectivity index (χ1v) is 12.2. The number of carbonyl (C=O) groups is 1. The number of carbonyl (C=O) groups excluding carboxylic acids is 1. The standard InChI is InChI=1S/C27H24ClIN2O4/c1-17(2)35-26-24(29)13-18(14-25(26)33-3)12-20(15-30)27(32)31-21-8-10-22(11-9-21)34-16-19-6-4-5-7-23(19)28/h4-14,17H,16H2,1-3H3,(H,31,32)/b20-12+. The molecule has 35 heavy (non-hydrogen) atoms. The van der Waals surface area contributed by atoms with Crippen LogP contribution in [0.4, 0.5) is 5.69 Å². The van der Waals surface area contributed by atoms with E-state index in [-0.39, 0.29) is 11.7 Å². The summed E-state index contributed by atoms with van der Waals surface area (Å²) in [6, 6.07) is 19.9. The summed E-state index contributed by atoms with van der Waals surface area (Å²) in [4.78, 5) is 12.7. The molecule has 0 bridgehead atoms. The van der Waals surface area contributed by atoms with Crippen molar-refractivity contribution >= 4 is 51.9 Å². The number of amides is 1. The molecule has 0 atom stereocenters. The monoisotopic (exact) mass is 602 g/mol. The molecule has 0 saturated carbocycles.